The van der Waals surface area contributed by atoms with Crippen LogP contribution in [0.15, 0.2) is 79.3 Å². The number of amides is 1. The lowest BCUT2D eigenvalue weighted by Crippen LogP contribution is -2.32. The molecule has 1 unspecified atom stereocenters. The molecule has 0 aliphatic rings. The second kappa shape index (κ2) is 7.87. The third-order valence-corrected chi connectivity index (χ3v) is 4.57. The monoisotopic (exact) mass is 372 g/mol. The number of hydrogen-bond donors (Lipinski definition) is 1. The Bertz CT molecular complexity index is 1040. The maximum atomic E-state index is 13.0. The fourth-order valence-corrected chi connectivity index (χ4v) is 3.12. The van der Waals surface area contributed by atoms with Gasteiger partial charge in [-0.1, -0.05) is 48.5 Å². The summed E-state index contributed by atoms with van der Waals surface area (Å²) in [6.45, 7) is 2.33. The first-order chi connectivity index (χ1) is 13.7. The number of para-hydroxylation sites is 1. The molecule has 0 radical (unpaired) electrons. The van der Waals surface area contributed by atoms with E-state index in [1.165, 1.54) is 0 Å². The summed E-state index contributed by atoms with van der Waals surface area (Å²) in [5.74, 6) is -0.180. The Morgan fingerprint density at radius 3 is 2.29 bits per heavy atom. The number of carbonyl (C=O) groups excluding carboxylic acids is 1. The Kier molecular flexibility index (Phi) is 4.97. The topological polar surface area (TPSA) is 77.6 Å². The first kappa shape index (κ1) is 17.7. The van der Waals surface area contributed by atoms with Crippen LogP contribution in [-0.4, -0.2) is 30.7 Å². The Hall–Kier alpha value is -3.74. The normalized spacial score (nSPS) is 11.9. The number of nitrogens with one attached hydrogen (secondary N) is 1. The van der Waals surface area contributed by atoms with Gasteiger partial charge in [-0.15, -0.1) is 0 Å². The van der Waals surface area contributed by atoms with Crippen LogP contribution >= 0.6 is 0 Å². The number of nitrogens with zero attached hydrogens (tertiary/aromatic N) is 5. The van der Waals surface area contributed by atoms with Crippen molar-refractivity contribution in [1.29, 1.82) is 0 Å². The summed E-state index contributed by atoms with van der Waals surface area (Å²) in [6, 6.07) is 19.3. The number of rotatable bonds is 6. The van der Waals surface area contributed by atoms with Crippen LogP contribution < -0.4 is 5.32 Å². The van der Waals surface area contributed by atoms with E-state index in [1.54, 1.807) is 28.1 Å². The van der Waals surface area contributed by atoms with Crippen molar-refractivity contribution >= 4 is 5.91 Å². The van der Waals surface area contributed by atoms with Gasteiger partial charge in [-0.2, -0.15) is 20.1 Å². The SMILES string of the molecule is Cc1c(C(=O)NC(Cn2nccn2)c2ccccc2)cnn1-c1ccccc1. The molecule has 4 rings (SSSR count). The fourth-order valence-electron chi connectivity index (χ4n) is 3.12. The van der Waals surface area contributed by atoms with Gasteiger partial charge in [0.1, 0.15) is 0 Å². The van der Waals surface area contributed by atoms with Crippen molar-refractivity contribution in [3.05, 3.63) is 96.1 Å². The van der Waals surface area contributed by atoms with Crippen LogP contribution in [0.3, 0.4) is 0 Å². The zero-order valence-electron chi connectivity index (χ0n) is 15.4. The second-order valence-corrected chi connectivity index (χ2v) is 6.41. The highest BCUT2D eigenvalue weighted by atomic mass is 16.1. The Morgan fingerprint density at radius 1 is 0.964 bits per heavy atom. The van der Waals surface area contributed by atoms with E-state index in [4.69, 9.17) is 0 Å². The van der Waals surface area contributed by atoms with Gasteiger partial charge in [0.25, 0.3) is 5.91 Å². The first-order valence-electron chi connectivity index (χ1n) is 9.02. The second-order valence-electron chi connectivity index (χ2n) is 6.41. The van der Waals surface area contributed by atoms with Crippen LogP contribution in [0.1, 0.15) is 27.7 Å². The van der Waals surface area contributed by atoms with Crippen LogP contribution in [0.4, 0.5) is 0 Å². The van der Waals surface area contributed by atoms with Crippen LogP contribution in [0.25, 0.3) is 5.69 Å². The summed E-state index contributed by atoms with van der Waals surface area (Å²) in [7, 11) is 0. The number of carbonyl (C=O) groups is 1. The molecule has 0 saturated heterocycles. The van der Waals surface area contributed by atoms with E-state index in [-0.39, 0.29) is 11.9 Å². The van der Waals surface area contributed by atoms with E-state index in [2.05, 4.69) is 20.6 Å². The van der Waals surface area contributed by atoms with Gasteiger partial charge in [-0.05, 0) is 24.6 Å². The predicted molar refractivity (Wildman–Crippen MR) is 105 cm³/mol. The molecular formula is C21H20N6O. The van der Waals surface area contributed by atoms with Gasteiger partial charge in [-0.25, -0.2) is 4.68 Å². The quantitative estimate of drug-likeness (QED) is 0.564. The summed E-state index contributed by atoms with van der Waals surface area (Å²) in [6.07, 6.45) is 4.85. The minimum Gasteiger partial charge on any atom is -0.343 e. The lowest BCUT2D eigenvalue weighted by Gasteiger charge is -2.18. The molecule has 0 spiro atoms. The van der Waals surface area contributed by atoms with Crippen LogP contribution in [0.2, 0.25) is 0 Å². The predicted octanol–water partition coefficient (Wildman–Crippen LogP) is 2.94. The molecule has 2 aromatic carbocycles. The molecule has 0 fully saturated rings. The van der Waals surface area contributed by atoms with E-state index in [0.29, 0.717) is 12.1 Å². The van der Waals surface area contributed by atoms with Crippen LogP contribution in [0.5, 0.6) is 0 Å². The van der Waals surface area contributed by atoms with Crippen molar-refractivity contribution in [2.75, 3.05) is 0 Å². The first-order valence-corrected chi connectivity index (χ1v) is 9.02. The molecule has 7 nitrogen and oxygen atoms in total. The number of hydrogen-bond acceptors (Lipinski definition) is 4. The highest BCUT2D eigenvalue weighted by molar-refractivity contribution is 5.95. The third kappa shape index (κ3) is 3.68. The molecule has 1 atom stereocenters. The van der Waals surface area contributed by atoms with Crippen molar-refractivity contribution in [3.63, 3.8) is 0 Å². The molecule has 140 valence electrons. The van der Waals surface area contributed by atoms with E-state index < -0.39 is 0 Å². The van der Waals surface area contributed by atoms with E-state index in [0.717, 1.165) is 16.9 Å². The molecular weight excluding hydrogens is 352 g/mol. The van der Waals surface area contributed by atoms with Gasteiger partial charge in [0.05, 0.1) is 48.1 Å². The summed E-state index contributed by atoms with van der Waals surface area (Å²) >= 11 is 0. The van der Waals surface area contributed by atoms with Gasteiger partial charge >= 0.3 is 0 Å². The van der Waals surface area contributed by atoms with E-state index in [1.807, 2.05) is 67.6 Å². The largest absolute Gasteiger partial charge is 0.343 e. The molecule has 2 heterocycles. The standard InChI is InChI=1S/C21H20N6O/c1-16-19(14-24-27(16)18-10-6-3-7-11-18)21(28)25-20(15-26-22-12-13-23-26)17-8-4-2-5-9-17/h2-14,20H,15H2,1H3,(H,25,28). The number of aromatic nitrogens is 5. The molecule has 2 aromatic heterocycles. The van der Waals surface area contributed by atoms with Crippen molar-refractivity contribution in [2.24, 2.45) is 0 Å². The third-order valence-electron chi connectivity index (χ3n) is 4.57. The van der Waals surface area contributed by atoms with Crippen LogP contribution in [-0.2, 0) is 6.54 Å². The smallest absolute Gasteiger partial charge is 0.255 e. The zero-order valence-corrected chi connectivity index (χ0v) is 15.4. The molecule has 1 N–H and O–H groups in total. The average molecular weight is 372 g/mol. The van der Waals surface area contributed by atoms with Crippen molar-refractivity contribution in [3.8, 4) is 5.69 Å². The van der Waals surface area contributed by atoms with E-state index >= 15 is 0 Å². The molecule has 7 heteroatoms. The van der Waals surface area contributed by atoms with E-state index in [9.17, 15) is 4.79 Å². The van der Waals surface area contributed by atoms with Gasteiger partial charge in [0, 0.05) is 0 Å². The maximum Gasteiger partial charge on any atom is 0.255 e. The van der Waals surface area contributed by atoms with Gasteiger partial charge < -0.3 is 5.32 Å². The average Bonchev–Trinajstić information content (AvgIpc) is 3.38. The fraction of sp³-hybridized carbons (Fsp3) is 0.143. The molecule has 28 heavy (non-hydrogen) atoms. The molecule has 1 amide bonds. The molecule has 4 aromatic rings. The lowest BCUT2D eigenvalue weighted by molar-refractivity contribution is 0.0930. The maximum absolute atomic E-state index is 13.0. The molecule has 0 aliphatic heterocycles. The van der Waals surface area contributed by atoms with Crippen molar-refractivity contribution in [1.82, 2.24) is 30.1 Å². The Balaban J connectivity index is 1.59. The minimum absolute atomic E-state index is 0.180. The minimum atomic E-state index is -0.263. The summed E-state index contributed by atoms with van der Waals surface area (Å²) in [5.41, 5.74) is 3.23. The van der Waals surface area contributed by atoms with Gasteiger partial charge in [0.15, 0.2) is 0 Å². The summed E-state index contributed by atoms with van der Waals surface area (Å²) in [4.78, 5) is 14.6. The van der Waals surface area contributed by atoms with Crippen molar-refractivity contribution < 1.29 is 4.79 Å². The summed E-state index contributed by atoms with van der Waals surface area (Å²) < 4.78 is 1.77. The number of benzene rings is 2. The summed E-state index contributed by atoms with van der Waals surface area (Å²) in [5, 5.41) is 15.8. The Morgan fingerprint density at radius 2 is 1.61 bits per heavy atom. The van der Waals surface area contributed by atoms with Crippen LogP contribution in [0, 0.1) is 6.92 Å². The Labute approximate surface area is 162 Å². The van der Waals surface area contributed by atoms with Crippen molar-refractivity contribution in [2.45, 2.75) is 19.5 Å². The molecule has 0 saturated carbocycles. The van der Waals surface area contributed by atoms with Gasteiger partial charge in [-0.3, -0.25) is 4.79 Å². The molecule has 0 bridgehead atoms. The molecule has 0 aliphatic carbocycles. The highest BCUT2D eigenvalue weighted by Gasteiger charge is 2.20. The zero-order chi connectivity index (χ0) is 19.3. The lowest BCUT2D eigenvalue weighted by atomic mass is 10.1. The van der Waals surface area contributed by atoms with Gasteiger partial charge in [0.2, 0.25) is 0 Å². The highest BCUT2D eigenvalue weighted by Crippen LogP contribution is 2.18.